The van der Waals surface area contributed by atoms with E-state index in [9.17, 15) is 18.0 Å². The predicted octanol–water partition coefficient (Wildman–Crippen LogP) is 1.91. The number of hydrogen-bond donors (Lipinski definition) is 2. The van der Waals surface area contributed by atoms with Crippen LogP contribution in [0.5, 0.6) is 0 Å². The molecule has 2 rings (SSSR count). The van der Waals surface area contributed by atoms with Crippen LogP contribution in [0, 0.1) is 0 Å². The fourth-order valence-corrected chi connectivity index (χ4v) is 3.74. The normalized spacial score (nSPS) is 12.4. The zero-order valence-corrected chi connectivity index (χ0v) is 16.0. The first kappa shape index (κ1) is 20.1. The summed E-state index contributed by atoms with van der Waals surface area (Å²) >= 11 is 1.52. The first-order valence-electron chi connectivity index (χ1n) is 7.94. The van der Waals surface area contributed by atoms with Crippen LogP contribution in [0.1, 0.15) is 29.1 Å². The average Bonchev–Trinajstić information content (AvgIpc) is 3.13. The van der Waals surface area contributed by atoms with Gasteiger partial charge in [-0.25, -0.2) is 17.9 Å². The molecule has 140 valence electrons. The molecule has 0 saturated heterocycles. The maximum Gasteiger partial charge on any atom is 0.338 e. The number of amides is 1. The summed E-state index contributed by atoms with van der Waals surface area (Å²) < 4.78 is 31.2. The van der Waals surface area contributed by atoms with E-state index in [4.69, 9.17) is 4.74 Å². The van der Waals surface area contributed by atoms with Gasteiger partial charge in [0, 0.05) is 11.4 Å². The van der Waals surface area contributed by atoms with E-state index in [2.05, 4.69) is 10.0 Å². The maximum atomic E-state index is 12.1. The Labute approximate surface area is 156 Å². The minimum Gasteiger partial charge on any atom is -0.449 e. The minimum atomic E-state index is -3.58. The average molecular weight is 396 g/mol. The fraction of sp³-hybridized carbons (Fsp3) is 0.294. The molecule has 0 aliphatic carbocycles. The SMILES string of the molecule is CCNS(=O)(=O)c1ccc(C(=O)O[C@H](C)C(=O)NCc2cccs2)cc1. The molecule has 0 saturated carbocycles. The Balaban J connectivity index is 1.93. The van der Waals surface area contributed by atoms with E-state index < -0.39 is 28.0 Å². The zero-order chi connectivity index (χ0) is 19.2. The molecule has 0 aliphatic heterocycles. The number of carbonyl (C=O) groups is 2. The van der Waals surface area contributed by atoms with Crippen molar-refractivity contribution in [3.63, 3.8) is 0 Å². The van der Waals surface area contributed by atoms with E-state index in [0.717, 1.165) is 4.88 Å². The summed E-state index contributed by atoms with van der Waals surface area (Å²) in [5, 5.41) is 4.60. The summed E-state index contributed by atoms with van der Waals surface area (Å²) in [6.45, 7) is 3.79. The van der Waals surface area contributed by atoms with Crippen molar-refractivity contribution < 1.29 is 22.7 Å². The second kappa shape index (κ2) is 8.93. The van der Waals surface area contributed by atoms with Gasteiger partial charge in [-0.05, 0) is 42.6 Å². The molecule has 0 fully saturated rings. The van der Waals surface area contributed by atoms with Crippen LogP contribution in [0.15, 0.2) is 46.7 Å². The number of nitrogens with one attached hydrogen (secondary N) is 2. The van der Waals surface area contributed by atoms with Gasteiger partial charge in [-0.15, -0.1) is 11.3 Å². The largest absolute Gasteiger partial charge is 0.449 e. The Morgan fingerprint density at radius 2 is 1.88 bits per heavy atom. The van der Waals surface area contributed by atoms with E-state index in [1.165, 1.54) is 42.5 Å². The number of carbonyl (C=O) groups excluding carboxylic acids is 2. The molecular formula is C17H20N2O5S2. The first-order chi connectivity index (χ1) is 12.3. The molecular weight excluding hydrogens is 376 g/mol. The van der Waals surface area contributed by atoms with Gasteiger partial charge in [0.25, 0.3) is 5.91 Å². The highest BCUT2D eigenvalue weighted by molar-refractivity contribution is 7.89. The Hall–Kier alpha value is -2.23. The maximum absolute atomic E-state index is 12.1. The molecule has 2 N–H and O–H groups in total. The third-order valence-electron chi connectivity index (χ3n) is 3.40. The molecule has 1 heterocycles. The molecule has 26 heavy (non-hydrogen) atoms. The quantitative estimate of drug-likeness (QED) is 0.664. The summed E-state index contributed by atoms with van der Waals surface area (Å²) in [6, 6.07) is 9.11. The molecule has 7 nitrogen and oxygen atoms in total. The van der Waals surface area contributed by atoms with Crippen LogP contribution in [0.3, 0.4) is 0 Å². The number of rotatable bonds is 8. The lowest BCUT2D eigenvalue weighted by Gasteiger charge is -2.13. The van der Waals surface area contributed by atoms with E-state index in [1.54, 1.807) is 6.92 Å². The van der Waals surface area contributed by atoms with Crippen molar-refractivity contribution in [3.8, 4) is 0 Å². The molecule has 1 aromatic carbocycles. The molecule has 2 aromatic rings. The molecule has 1 amide bonds. The number of ether oxygens (including phenoxy) is 1. The van der Waals surface area contributed by atoms with E-state index in [1.807, 2.05) is 17.5 Å². The van der Waals surface area contributed by atoms with Crippen LogP contribution in [-0.2, 0) is 26.1 Å². The van der Waals surface area contributed by atoms with Gasteiger partial charge in [0.15, 0.2) is 6.10 Å². The Morgan fingerprint density at radius 3 is 2.46 bits per heavy atom. The van der Waals surface area contributed by atoms with Gasteiger partial charge in [0.05, 0.1) is 17.0 Å². The standard InChI is InChI=1S/C17H20N2O5S2/c1-3-19-26(22,23)15-8-6-13(7-9-15)17(21)24-12(2)16(20)18-11-14-5-4-10-25-14/h4-10,12,19H,3,11H2,1-2H3,(H,18,20)/t12-/m1/s1. The van der Waals surface area contributed by atoms with E-state index in [-0.39, 0.29) is 17.0 Å². The van der Waals surface area contributed by atoms with Crippen molar-refractivity contribution in [2.45, 2.75) is 31.4 Å². The highest BCUT2D eigenvalue weighted by atomic mass is 32.2. The summed E-state index contributed by atoms with van der Waals surface area (Å²) in [5.41, 5.74) is 0.165. The molecule has 0 aliphatic rings. The van der Waals surface area contributed by atoms with Gasteiger partial charge in [-0.2, -0.15) is 0 Å². The van der Waals surface area contributed by atoms with Crippen LogP contribution in [0.25, 0.3) is 0 Å². The number of sulfonamides is 1. The first-order valence-corrected chi connectivity index (χ1v) is 10.3. The summed E-state index contributed by atoms with van der Waals surface area (Å²) in [5.74, 6) is -1.10. The van der Waals surface area contributed by atoms with Crippen LogP contribution >= 0.6 is 11.3 Å². The molecule has 0 unspecified atom stereocenters. The lowest BCUT2D eigenvalue weighted by Crippen LogP contribution is -2.35. The molecule has 0 radical (unpaired) electrons. The van der Waals surface area contributed by atoms with Crippen LogP contribution in [0.4, 0.5) is 0 Å². The van der Waals surface area contributed by atoms with Crippen molar-refractivity contribution in [1.82, 2.24) is 10.0 Å². The Morgan fingerprint density at radius 1 is 1.19 bits per heavy atom. The van der Waals surface area contributed by atoms with Crippen molar-refractivity contribution in [2.24, 2.45) is 0 Å². The van der Waals surface area contributed by atoms with Crippen molar-refractivity contribution in [3.05, 3.63) is 52.2 Å². The third-order valence-corrected chi connectivity index (χ3v) is 5.84. The molecule has 1 atom stereocenters. The van der Waals surface area contributed by atoms with Gasteiger partial charge in [-0.3, -0.25) is 4.79 Å². The smallest absolute Gasteiger partial charge is 0.338 e. The third kappa shape index (κ3) is 5.38. The van der Waals surface area contributed by atoms with E-state index >= 15 is 0 Å². The lowest BCUT2D eigenvalue weighted by atomic mass is 10.2. The Bertz CT molecular complexity index is 846. The number of esters is 1. The van der Waals surface area contributed by atoms with Gasteiger partial charge in [0.1, 0.15) is 0 Å². The summed E-state index contributed by atoms with van der Waals surface area (Å²) in [7, 11) is -3.58. The van der Waals surface area contributed by atoms with E-state index in [0.29, 0.717) is 6.54 Å². The minimum absolute atomic E-state index is 0.0534. The molecule has 0 spiro atoms. The molecule has 1 aromatic heterocycles. The van der Waals surface area contributed by atoms with Crippen LogP contribution in [-0.4, -0.2) is 32.9 Å². The second-order valence-electron chi connectivity index (χ2n) is 5.37. The Kier molecular flexibility index (Phi) is 6.90. The van der Waals surface area contributed by atoms with Crippen molar-refractivity contribution >= 4 is 33.2 Å². The van der Waals surface area contributed by atoms with Crippen molar-refractivity contribution in [2.75, 3.05) is 6.54 Å². The van der Waals surface area contributed by atoms with Crippen LogP contribution in [0.2, 0.25) is 0 Å². The summed E-state index contributed by atoms with van der Waals surface area (Å²) in [4.78, 5) is 25.2. The molecule has 9 heteroatoms. The number of hydrogen-bond acceptors (Lipinski definition) is 6. The van der Waals surface area contributed by atoms with Gasteiger partial charge >= 0.3 is 5.97 Å². The van der Waals surface area contributed by atoms with Gasteiger partial charge in [-0.1, -0.05) is 13.0 Å². The predicted molar refractivity (Wildman–Crippen MR) is 98.3 cm³/mol. The van der Waals surface area contributed by atoms with Gasteiger partial charge < -0.3 is 10.1 Å². The van der Waals surface area contributed by atoms with Gasteiger partial charge in [0.2, 0.25) is 10.0 Å². The number of thiophene rings is 1. The fourth-order valence-electron chi connectivity index (χ4n) is 2.06. The number of benzene rings is 1. The van der Waals surface area contributed by atoms with Crippen LogP contribution < -0.4 is 10.0 Å². The summed E-state index contributed by atoms with van der Waals surface area (Å²) in [6.07, 6.45) is -0.965. The molecule has 0 bridgehead atoms. The second-order valence-corrected chi connectivity index (χ2v) is 8.17. The zero-order valence-electron chi connectivity index (χ0n) is 14.4. The monoisotopic (exact) mass is 396 g/mol. The highest BCUT2D eigenvalue weighted by Crippen LogP contribution is 2.12. The van der Waals surface area contributed by atoms with Crippen molar-refractivity contribution in [1.29, 1.82) is 0 Å². The lowest BCUT2D eigenvalue weighted by molar-refractivity contribution is -0.129. The highest BCUT2D eigenvalue weighted by Gasteiger charge is 2.20. The topological polar surface area (TPSA) is 102 Å².